The highest BCUT2D eigenvalue weighted by Gasteiger charge is 2.10. The van der Waals surface area contributed by atoms with Crippen LogP contribution in [0.4, 0.5) is 0 Å². The molecule has 0 aliphatic heterocycles. The number of esters is 1. The lowest BCUT2D eigenvalue weighted by atomic mass is 10.0. The van der Waals surface area contributed by atoms with Gasteiger partial charge < -0.3 is 10.1 Å². The van der Waals surface area contributed by atoms with Crippen molar-refractivity contribution >= 4 is 23.6 Å². The summed E-state index contributed by atoms with van der Waals surface area (Å²) >= 11 is 1.75. The second-order valence-electron chi connectivity index (χ2n) is 6.41. The van der Waals surface area contributed by atoms with Crippen LogP contribution in [0.1, 0.15) is 15.9 Å². The summed E-state index contributed by atoms with van der Waals surface area (Å²) < 4.78 is 5.10. The first-order valence-corrected chi connectivity index (χ1v) is 10.6. The predicted molar refractivity (Wildman–Crippen MR) is 118 cm³/mol. The van der Waals surface area contributed by atoms with E-state index in [1.807, 2.05) is 60.7 Å². The molecule has 3 rings (SSSR count). The Kier molecular flexibility index (Phi) is 7.90. The number of nitrogens with one attached hydrogen (secondary N) is 1. The van der Waals surface area contributed by atoms with E-state index in [2.05, 4.69) is 17.4 Å². The van der Waals surface area contributed by atoms with Crippen molar-refractivity contribution in [3.8, 4) is 11.1 Å². The largest absolute Gasteiger partial charge is 0.452 e. The molecular formula is C24H23NO3S. The van der Waals surface area contributed by atoms with Gasteiger partial charge in [0, 0.05) is 18.1 Å². The maximum atomic E-state index is 12.1. The summed E-state index contributed by atoms with van der Waals surface area (Å²) in [5.74, 6) is 0.915. The molecule has 4 nitrogen and oxygen atoms in total. The second-order valence-corrected chi connectivity index (χ2v) is 7.51. The Bertz CT molecular complexity index is 912. The Balaban J connectivity index is 1.35. The first kappa shape index (κ1) is 20.7. The maximum absolute atomic E-state index is 12.1. The number of carbonyl (C=O) groups is 2. The van der Waals surface area contributed by atoms with Gasteiger partial charge >= 0.3 is 5.97 Å². The molecule has 1 N–H and O–H groups in total. The van der Waals surface area contributed by atoms with Crippen LogP contribution in [0.15, 0.2) is 84.9 Å². The van der Waals surface area contributed by atoms with E-state index in [4.69, 9.17) is 4.74 Å². The summed E-state index contributed by atoms with van der Waals surface area (Å²) in [6, 6.07) is 27.3. The molecule has 0 aromatic heterocycles. The zero-order chi connectivity index (χ0) is 20.3. The maximum Gasteiger partial charge on any atom is 0.338 e. The lowest BCUT2D eigenvalue weighted by Gasteiger charge is -2.07. The summed E-state index contributed by atoms with van der Waals surface area (Å²) in [4.78, 5) is 24.0. The van der Waals surface area contributed by atoms with Crippen LogP contribution < -0.4 is 5.32 Å². The average molecular weight is 406 g/mol. The molecule has 0 bridgehead atoms. The van der Waals surface area contributed by atoms with E-state index in [1.54, 1.807) is 23.9 Å². The van der Waals surface area contributed by atoms with Gasteiger partial charge in [-0.3, -0.25) is 4.79 Å². The minimum absolute atomic E-state index is 0.275. The monoisotopic (exact) mass is 405 g/mol. The third-order valence-corrected chi connectivity index (χ3v) is 5.27. The van der Waals surface area contributed by atoms with Crippen LogP contribution in [-0.2, 0) is 15.3 Å². The Labute approximate surface area is 175 Å². The van der Waals surface area contributed by atoms with Gasteiger partial charge in [0.05, 0.1) is 5.56 Å². The zero-order valence-corrected chi connectivity index (χ0v) is 16.9. The topological polar surface area (TPSA) is 55.4 Å². The van der Waals surface area contributed by atoms with Crippen molar-refractivity contribution in [2.75, 3.05) is 18.9 Å². The summed E-state index contributed by atoms with van der Waals surface area (Å²) in [6.07, 6.45) is 0. The average Bonchev–Trinajstić information content (AvgIpc) is 2.78. The van der Waals surface area contributed by atoms with E-state index >= 15 is 0 Å². The molecule has 0 heterocycles. The summed E-state index contributed by atoms with van der Waals surface area (Å²) in [7, 11) is 0. The van der Waals surface area contributed by atoms with Gasteiger partial charge in [-0.05, 0) is 28.8 Å². The number of benzene rings is 3. The number of hydrogen-bond acceptors (Lipinski definition) is 4. The molecule has 0 unspecified atom stereocenters. The van der Waals surface area contributed by atoms with Crippen LogP contribution in [0, 0.1) is 0 Å². The number of rotatable bonds is 9. The number of thioether (sulfide) groups is 1. The number of amides is 1. The van der Waals surface area contributed by atoms with E-state index in [0.29, 0.717) is 12.1 Å². The van der Waals surface area contributed by atoms with Crippen molar-refractivity contribution in [1.29, 1.82) is 0 Å². The molecule has 0 saturated heterocycles. The Hall–Kier alpha value is -3.05. The molecule has 0 saturated carbocycles. The highest BCUT2D eigenvalue weighted by atomic mass is 32.2. The van der Waals surface area contributed by atoms with Gasteiger partial charge in [-0.15, -0.1) is 0 Å². The van der Waals surface area contributed by atoms with Crippen molar-refractivity contribution in [3.05, 3.63) is 96.1 Å². The quantitative estimate of drug-likeness (QED) is 0.419. The molecule has 3 aromatic rings. The first-order chi connectivity index (χ1) is 14.2. The Morgan fingerprint density at radius 3 is 2.10 bits per heavy atom. The lowest BCUT2D eigenvalue weighted by molar-refractivity contribution is -0.124. The number of carbonyl (C=O) groups excluding carboxylic acids is 2. The third kappa shape index (κ3) is 6.80. The van der Waals surface area contributed by atoms with Gasteiger partial charge in [0.25, 0.3) is 5.91 Å². The standard InChI is InChI=1S/C24H23NO3S/c26-23(25-15-16-29-18-19-7-3-1-4-8-19)17-28-24(27)22-13-11-21(12-14-22)20-9-5-2-6-10-20/h1-14H,15-18H2,(H,25,26). The highest BCUT2D eigenvalue weighted by molar-refractivity contribution is 7.98. The molecule has 148 valence electrons. The van der Waals surface area contributed by atoms with Gasteiger partial charge in [-0.1, -0.05) is 72.8 Å². The van der Waals surface area contributed by atoms with E-state index in [0.717, 1.165) is 22.6 Å². The molecule has 1 amide bonds. The van der Waals surface area contributed by atoms with Crippen LogP contribution in [0.5, 0.6) is 0 Å². The van der Waals surface area contributed by atoms with Crippen LogP contribution in [0.3, 0.4) is 0 Å². The van der Waals surface area contributed by atoms with E-state index in [1.165, 1.54) is 5.56 Å². The van der Waals surface area contributed by atoms with Gasteiger partial charge in [-0.25, -0.2) is 4.79 Å². The van der Waals surface area contributed by atoms with Crippen LogP contribution in [0.25, 0.3) is 11.1 Å². The molecule has 0 spiro atoms. The molecule has 0 atom stereocenters. The number of hydrogen-bond donors (Lipinski definition) is 1. The summed E-state index contributed by atoms with van der Waals surface area (Å²) in [5.41, 5.74) is 3.79. The van der Waals surface area contributed by atoms with Gasteiger partial charge in [0.1, 0.15) is 0 Å². The van der Waals surface area contributed by atoms with Crippen molar-refractivity contribution < 1.29 is 14.3 Å². The van der Waals surface area contributed by atoms with Crippen LogP contribution >= 0.6 is 11.8 Å². The molecule has 29 heavy (non-hydrogen) atoms. The van der Waals surface area contributed by atoms with Crippen molar-refractivity contribution in [1.82, 2.24) is 5.32 Å². The zero-order valence-electron chi connectivity index (χ0n) is 16.0. The fraction of sp³-hybridized carbons (Fsp3) is 0.167. The van der Waals surface area contributed by atoms with Crippen LogP contribution in [0.2, 0.25) is 0 Å². The highest BCUT2D eigenvalue weighted by Crippen LogP contribution is 2.19. The Morgan fingerprint density at radius 2 is 1.41 bits per heavy atom. The molecule has 0 radical (unpaired) electrons. The SMILES string of the molecule is O=C(COC(=O)c1ccc(-c2ccccc2)cc1)NCCSCc1ccccc1. The van der Waals surface area contributed by atoms with Crippen molar-refractivity contribution in [2.24, 2.45) is 0 Å². The molecule has 5 heteroatoms. The van der Waals surface area contributed by atoms with Gasteiger partial charge in [-0.2, -0.15) is 11.8 Å². The molecule has 0 fully saturated rings. The second kappa shape index (κ2) is 11.1. The summed E-state index contributed by atoms with van der Waals surface area (Å²) in [5, 5.41) is 2.77. The predicted octanol–water partition coefficient (Wildman–Crippen LogP) is 4.56. The molecular weight excluding hydrogens is 382 g/mol. The van der Waals surface area contributed by atoms with Crippen molar-refractivity contribution in [3.63, 3.8) is 0 Å². The molecule has 0 aliphatic rings. The lowest BCUT2D eigenvalue weighted by Crippen LogP contribution is -2.30. The first-order valence-electron chi connectivity index (χ1n) is 9.43. The van der Waals surface area contributed by atoms with Gasteiger partial charge in [0.2, 0.25) is 0 Å². The van der Waals surface area contributed by atoms with Crippen LogP contribution in [-0.4, -0.2) is 30.8 Å². The molecule has 0 aliphatic carbocycles. The van der Waals surface area contributed by atoms with E-state index in [-0.39, 0.29) is 12.5 Å². The Morgan fingerprint density at radius 1 is 0.793 bits per heavy atom. The van der Waals surface area contributed by atoms with Crippen molar-refractivity contribution in [2.45, 2.75) is 5.75 Å². The smallest absolute Gasteiger partial charge is 0.338 e. The fourth-order valence-corrected chi connectivity index (χ4v) is 3.54. The van der Waals surface area contributed by atoms with E-state index < -0.39 is 5.97 Å². The minimum atomic E-state index is -0.502. The molecule has 3 aromatic carbocycles. The summed E-state index contributed by atoms with van der Waals surface area (Å²) in [6.45, 7) is 0.266. The third-order valence-electron chi connectivity index (χ3n) is 4.24. The van der Waals surface area contributed by atoms with E-state index in [9.17, 15) is 9.59 Å². The minimum Gasteiger partial charge on any atom is -0.452 e. The normalized spacial score (nSPS) is 10.3. The van der Waals surface area contributed by atoms with Gasteiger partial charge in [0.15, 0.2) is 6.61 Å². The fourth-order valence-electron chi connectivity index (χ4n) is 2.72. The number of ether oxygens (including phenoxy) is 1.